The molecule has 1 saturated carbocycles. The van der Waals surface area contributed by atoms with Crippen molar-refractivity contribution in [3.05, 3.63) is 56.2 Å². The molecule has 5 nitrogen and oxygen atoms in total. The van der Waals surface area contributed by atoms with Crippen molar-refractivity contribution >= 4 is 11.6 Å². The molecule has 1 N–H and O–H groups in total. The van der Waals surface area contributed by atoms with E-state index in [0.29, 0.717) is 41.6 Å². The molecule has 4 rings (SSSR count). The molecule has 3 heterocycles. The molecular formula is C16H16ClFN4O. The smallest absolute Gasteiger partial charge is 0.255 e. The standard InChI is InChI=1S/C16H16ClFN4O/c17-11-5-10(14(18)19-6-11)7-22-4-3-13-12(8-22)16(23)21-15(20-13)9-1-2-9/h5-6,9H,1-4,7-8H2,(H,20,21,23). The number of aromatic amines is 1. The number of nitrogens with zero attached hydrogens (tertiary/aromatic N) is 3. The van der Waals surface area contributed by atoms with E-state index in [0.717, 1.165) is 30.9 Å². The summed E-state index contributed by atoms with van der Waals surface area (Å²) in [6.07, 6.45) is 4.21. The zero-order chi connectivity index (χ0) is 16.0. The summed E-state index contributed by atoms with van der Waals surface area (Å²) in [5.41, 5.74) is 1.96. The molecule has 1 fully saturated rings. The first-order chi connectivity index (χ1) is 11.1. The summed E-state index contributed by atoms with van der Waals surface area (Å²) in [6, 6.07) is 1.58. The maximum absolute atomic E-state index is 13.8. The Hall–Kier alpha value is -1.79. The first kappa shape index (κ1) is 14.8. The summed E-state index contributed by atoms with van der Waals surface area (Å²) in [6.45, 7) is 1.58. The maximum Gasteiger partial charge on any atom is 0.255 e. The van der Waals surface area contributed by atoms with E-state index in [-0.39, 0.29) is 5.56 Å². The molecule has 120 valence electrons. The van der Waals surface area contributed by atoms with Gasteiger partial charge in [-0.2, -0.15) is 4.39 Å². The van der Waals surface area contributed by atoms with Gasteiger partial charge in [-0.25, -0.2) is 9.97 Å². The summed E-state index contributed by atoms with van der Waals surface area (Å²) in [5.74, 6) is 0.737. The Kier molecular flexibility index (Phi) is 3.66. The molecule has 0 radical (unpaired) electrons. The molecule has 2 aromatic heterocycles. The van der Waals surface area contributed by atoms with Crippen molar-refractivity contribution < 1.29 is 4.39 Å². The summed E-state index contributed by atoms with van der Waals surface area (Å²) < 4.78 is 13.8. The summed E-state index contributed by atoms with van der Waals surface area (Å²) in [7, 11) is 0. The topological polar surface area (TPSA) is 61.9 Å². The highest BCUT2D eigenvalue weighted by atomic mass is 35.5. The van der Waals surface area contributed by atoms with E-state index in [9.17, 15) is 9.18 Å². The normalized spacial score (nSPS) is 18.0. The van der Waals surface area contributed by atoms with Gasteiger partial charge >= 0.3 is 0 Å². The molecule has 0 unspecified atom stereocenters. The van der Waals surface area contributed by atoms with Crippen molar-refractivity contribution in [1.29, 1.82) is 0 Å². The second-order valence-electron chi connectivity index (χ2n) is 6.21. The molecule has 0 amide bonds. The third kappa shape index (κ3) is 3.01. The minimum atomic E-state index is -0.517. The third-order valence-electron chi connectivity index (χ3n) is 4.40. The molecule has 2 aromatic rings. The van der Waals surface area contributed by atoms with Crippen LogP contribution in [0.1, 0.15) is 41.4 Å². The molecule has 0 bridgehead atoms. The molecule has 1 aliphatic heterocycles. The molecule has 2 aliphatic rings. The number of hydrogen-bond acceptors (Lipinski definition) is 4. The molecule has 0 saturated heterocycles. The zero-order valence-corrected chi connectivity index (χ0v) is 13.2. The highest BCUT2D eigenvalue weighted by Crippen LogP contribution is 2.37. The molecule has 0 atom stereocenters. The van der Waals surface area contributed by atoms with Crippen molar-refractivity contribution in [2.45, 2.75) is 38.3 Å². The summed E-state index contributed by atoms with van der Waals surface area (Å²) in [5, 5.41) is 0.410. The fourth-order valence-electron chi connectivity index (χ4n) is 3.00. The summed E-state index contributed by atoms with van der Waals surface area (Å²) >= 11 is 5.88. The van der Waals surface area contributed by atoms with Gasteiger partial charge in [0, 0.05) is 43.7 Å². The van der Waals surface area contributed by atoms with Crippen LogP contribution in [0.15, 0.2) is 17.1 Å². The average Bonchev–Trinajstić information content (AvgIpc) is 3.36. The number of aromatic nitrogens is 3. The van der Waals surface area contributed by atoms with Crippen LogP contribution in [-0.2, 0) is 19.5 Å². The highest BCUT2D eigenvalue weighted by molar-refractivity contribution is 6.30. The van der Waals surface area contributed by atoms with Crippen LogP contribution in [0.2, 0.25) is 5.02 Å². The SMILES string of the molecule is O=c1[nH]c(C2CC2)nc2c1CN(Cc1cc(Cl)cnc1F)CC2. The monoisotopic (exact) mass is 334 g/mol. The van der Waals surface area contributed by atoms with Gasteiger partial charge in [0.1, 0.15) is 5.82 Å². The van der Waals surface area contributed by atoms with Crippen LogP contribution >= 0.6 is 11.6 Å². The predicted octanol–water partition coefficient (Wildman–Crippen LogP) is 2.39. The fourth-order valence-corrected chi connectivity index (χ4v) is 3.18. The maximum atomic E-state index is 13.8. The molecule has 23 heavy (non-hydrogen) atoms. The molecule has 7 heteroatoms. The second-order valence-corrected chi connectivity index (χ2v) is 6.65. The number of fused-ring (bicyclic) bond motifs is 1. The Morgan fingerprint density at radius 2 is 2.26 bits per heavy atom. The fraction of sp³-hybridized carbons (Fsp3) is 0.438. The third-order valence-corrected chi connectivity index (χ3v) is 4.61. The molecule has 0 spiro atoms. The van der Waals surface area contributed by atoms with Crippen molar-refractivity contribution in [3.8, 4) is 0 Å². The Morgan fingerprint density at radius 1 is 1.43 bits per heavy atom. The number of rotatable bonds is 3. The van der Waals surface area contributed by atoms with Gasteiger partial charge in [0.2, 0.25) is 5.95 Å². The van der Waals surface area contributed by atoms with Gasteiger partial charge in [0.05, 0.1) is 16.3 Å². The van der Waals surface area contributed by atoms with Gasteiger partial charge in [-0.15, -0.1) is 0 Å². The van der Waals surface area contributed by atoms with Crippen LogP contribution in [0.5, 0.6) is 0 Å². The van der Waals surface area contributed by atoms with Crippen LogP contribution in [-0.4, -0.2) is 26.4 Å². The second kappa shape index (κ2) is 5.69. The lowest BCUT2D eigenvalue weighted by Gasteiger charge is -2.27. The molecule has 1 aliphatic carbocycles. The van der Waals surface area contributed by atoms with Gasteiger partial charge in [-0.1, -0.05) is 11.6 Å². The lowest BCUT2D eigenvalue weighted by molar-refractivity contribution is 0.237. The van der Waals surface area contributed by atoms with E-state index in [1.807, 2.05) is 4.90 Å². The summed E-state index contributed by atoms with van der Waals surface area (Å²) in [4.78, 5) is 25.5. The first-order valence-corrected chi connectivity index (χ1v) is 8.12. The van der Waals surface area contributed by atoms with Gasteiger partial charge in [0.15, 0.2) is 0 Å². The minimum Gasteiger partial charge on any atom is -0.310 e. The van der Waals surface area contributed by atoms with Crippen LogP contribution in [0, 0.1) is 5.95 Å². The Bertz CT molecular complexity index is 818. The van der Waals surface area contributed by atoms with E-state index in [1.165, 1.54) is 6.20 Å². The Labute approximate surface area is 137 Å². The van der Waals surface area contributed by atoms with Gasteiger partial charge in [-0.05, 0) is 18.9 Å². The van der Waals surface area contributed by atoms with E-state index in [1.54, 1.807) is 6.07 Å². The lowest BCUT2D eigenvalue weighted by Crippen LogP contribution is -2.36. The van der Waals surface area contributed by atoms with Crippen LogP contribution in [0.4, 0.5) is 4.39 Å². The number of H-pyrrole nitrogens is 1. The van der Waals surface area contributed by atoms with E-state index in [2.05, 4.69) is 15.0 Å². The predicted molar refractivity (Wildman–Crippen MR) is 83.9 cm³/mol. The van der Waals surface area contributed by atoms with Crippen molar-refractivity contribution in [3.63, 3.8) is 0 Å². The van der Waals surface area contributed by atoms with Crippen molar-refractivity contribution in [2.75, 3.05) is 6.54 Å². The number of halogens is 2. The number of hydrogen-bond donors (Lipinski definition) is 1. The van der Waals surface area contributed by atoms with Crippen LogP contribution < -0.4 is 5.56 Å². The largest absolute Gasteiger partial charge is 0.310 e. The van der Waals surface area contributed by atoms with Crippen molar-refractivity contribution in [1.82, 2.24) is 19.9 Å². The number of pyridine rings is 1. The van der Waals surface area contributed by atoms with E-state index >= 15 is 0 Å². The Balaban J connectivity index is 1.56. The Morgan fingerprint density at radius 3 is 3.04 bits per heavy atom. The quantitative estimate of drug-likeness (QED) is 0.876. The molecule has 0 aromatic carbocycles. The van der Waals surface area contributed by atoms with E-state index < -0.39 is 5.95 Å². The van der Waals surface area contributed by atoms with Gasteiger partial charge in [-0.3, -0.25) is 9.69 Å². The van der Waals surface area contributed by atoms with Gasteiger partial charge in [0.25, 0.3) is 5.56 Å². The average molecular weight is 335 g/mol. The van der Waals surface area contributed by atoms with Crippen LogP contribution in [0.3, 0.4) is 0 Å². The van der Waals surface area contributed by atoms with Gasteiger partial charge < -0.3 is 4.98 Å². The highest BCUT2D eigenvalue weighted by Gasteiger charge is 2.29. The lowest BCUT2D eigenvalue weighted by atomic mass is 10.1. The minimum absolute atomic E-state index is 0.0636. The zero-order valence-electron chi connectivity index (χ0n) is 12.5. The van der Waals surface area contributed by atoms with E-state index in [4.69, 9.17) is 11.6 Å². The number of nitrogens with one attached hydrogen (secondary N) is 1. The first-order valence-electron chi connectivity index (χ1n) is 7.74. The van der Waals surface area contributed by atoms with Crippen LogP contribution in [0.25, 0.3) is 0 Å². The van der Waals surface area contributed by atoms with Crippen molar-refractivity contribution in [2.24, 2.45) is 0 Å². The molecular weight excluding hydrogens is 319 g/mol.